The van der Waals surface area contributed by atoms with Gasteiger partial charge >= 0.3 is 0 Å². The molecule has 8 heteroatoms. The Morgan fingerprint density at radius 1 is 1.19 bits per heavy atom. The van der Waals surface area contributed by atoms with Crippen molar-refractivity contribution in [2.45, 2.75) is 89.9 Å². The number of ether oxygens (including phenoxy) is 2. The summed E-state index contributed by atoms with van der Waals surface area (Å²) < 4.78 is 11.0. The Kier molecular flexibility index (Phi) is 7.18. The Bertz CT molecular complexity index is 570. The zero-order valence-electron chi connectivity index (χ0n) is 16.3. The van der Waals surface area contributed by atoms with E-state index in [1.165, 1.54) is 0 Å². The molecule has 1 fully saturated rings. The maximum absolute atomic E-state index is 12.1. The van der Waals surface area contributed by atoms with Crippen LogP contribution in [0.25, 0.3) is 0 Å². The molecule has 0 radical (unpaired) electrons. The predicted octanol–water partition coefficient (Wildman–Crippen LogP) is -0.352. The van der Waals surface area contributed by atoms with Gasteiger partial charge in [-0.2, -0.15) is 0 Å². The number of aliphatic hydroxyl groups excluding tert-OH is 5. The van der Waals surface area contributed by atoms with E-state index < -0.39 is 54.9 Å². The fourth-order valence-corrected chi connectivity index (χ4v) is 3.77. The fraction of sp³-hybridized carbons (Fsp3) is 0.842. The zero-order chi connectivity index (χ0) is 20.5. The van der Waals surface area contributed by atoms with Crippen molar-refractivity contribution in [1.82, 2.24) is 0 Å². The quantitative estimate of drug-likeness (QED) is 0.416. The average Bonchev–Trinajstić information content (AvgIpc) is 2.60. The molecule has 7 atom stereocenters. The molecule has 2 aliphatic rings. The molecule has 0 spiro atoms. The fourth-order valence-electron chi connectivity index (χ4n) is 3.77. The van der Waals surface area contributed by atoms with Gasteiger partial charge in [0, 0.05) is 11.8 Å². The largest absolute Gasteiger partial charge is 0.394 e. The highest BCUT2D eigenvalue weighted by Crippen LogP contribution is 2.41. The smallest absolute Gasteiger partial charge is 0.186 e. The lowest BCUT2D eigenvalue weighted by Gasteiger charge is -2.41. The topological polar surface area (TPSA) is 137 Å². The number of rotatable bonds is 6. The van der Waals surface area contributed by atoms with Gasteiger partial charge < -0.3 is 35.0 Å². The van der Waals surface area contributed by atoms with E-state index in [2.05, 4.69) is 0 Å². The minimum atomic E-state index is -1.48. The first-order valence-electron chi connectivity index (χ1n) is 9.38. The molecule has 156 valence electrons. The van der Waals surface area contributed by atoms with Gasteiger partial charge in [0.15, 0.2) is 12.1 Å². The van der Waals surface area contributed by atoms with E-state index in [0.29, 0.717) is 18.4 Å². The molecule has 1 heterocycles. The first-order chi connectivity index (χ1) is 12.5. The summed E-state index contributed by atoms with van der Waals surface area (Å²) in [7, 11) is 0. The van der Waals surface area contributed by atoms with Crippen molar-refractivity contribution in [3.63, 3.8) is 0 Å². The number of carbonyl (C=O) groups is 1. The highest BCUT2D eigenvalue weighted by Gasteiger charge is 2.45. The van der Waals surface area contributed by atoms with Crippen molar-refractivity contribution >= 4 is 5.78 Å². The summed E-state index contributed by atoms with van der Waals surface area (Å²) in [5, 5.41) is 49.2. The number of aliphatic hydroxyl groups is 5. The van der Waals surface area contributed by atoms with Gasteiger partial charge in [0.2, 0.25) is 0 Å². The van der Waals surface area contributed by atoms with Crippen LogP contribution in [-0.4, -0.2) is 80.8 Å². The van der Waals surface area contributed by atoms with Crippen molar-refractivity contribution in [2.24, 2.45) is 5.41 Å². The molecule has 0 aromatic carbocycles. The molecule has 1 aliphatic carbocycles. The van der Waals surface area contributed by atoms with E-state index in [1.54, 1.807) is 13.8 Å². The predicted molar refractivity (Wildman–Crippen MR) is 95.7 cm³/mol. The summed E-state index contributed by atoms with van der Waals surface area (Å²) in [5.74, 6) is -0.0562. The number of Topliss-reactive ketones (excluding diaryl/α,β-unsaturated/α-hetero) is 1. The minimum absolute atomic E-state index is 0.0562. The van der Waals surface area contributed by atoms with E-state index in [-0.39, 0.29) is 12.2 Å². The normalized spacial score (nSPS) is 38.2. The van der Waals surface area contributed by atoms with Crippen LogP contribution >= 0.6 is 0 Å². The zero-order valence-corrected chi connectivity index (χ0v) is 16.3. The minimum Gasteiger partial charge on any atom is -0.394 e. The Balaban J connectivity index is 2.00. The van der Waals surface area contributed by atoms with Crippen LogP contribution in [0.15, 0.2) is 11.1 Å². The molecular weight excluding hydrogens is 356 g/mol. The van der Waals surface area contributed by atoms with Crippen molar-refractivity contribution in [3.8, 4) is 0 Å². The van der Waals surface area contributed by atoms with Crippen molar-refractivity contribution in [3.05, 3.63) is 11.1 Å². The molecule has 0 aromatic heterocycles. The first-order valence-corrected chi connectivity index (χ1v) is 9.38. The second-order valence-corrected chi connectivity index (χ2v) is 8.15. The molecule has 0 bridgehead atoms. The average molecular weight is 388 g/mol. The number of hydrogen-bond acceptors (Lipinski definition) is 8. The number of carbonyl (C=O) groups excluding carboxylic acids is 1. The second-order valence-electron chi connectivity index (χ2n) is 8.15. The first kappa shape index (κ1) is 22.4. The summed E-state index contributed by atoms with van der Waals surface area (Å²) in [6.45, 7) is 6.84. The Morgan fingerprint density at radius 2 is 1.81 bits per heavy atom. The van der Waals surface area contributed by atoms with Crippen LogP contribution in [0.1, 0.15) is 47.0 Å². The van der Waals surface area contributed by atoms with E-state index in [9.17, 15) is 30.3 Å². The standard InChI is InChI=1S/C19H32O8/c1-9(26-18-17(25)16(24)15(23)13(8-20)27-18)5-6-11-10(2)12(21)7-14(22)19(11,3)4/h9,13-18,20,22-25H,5-8H2,1-4H3/t9-,13-,14-,15-,16+,17-,18-/m1/s1. The molecule has 0 aromatic rings. The van der Waals surface area contributed by atoms with E-state index in [4.69, 9.17) is 9.47 Å². The summed E-state index contributed by atoms with van der Waals surface area (Å²) >= 11 is 0. The van der Waals surface area contributed by atoms with Gasteiger partial charge in [-0.05, 0) is 32.3 Å². The molecule has 1 saturated heterocycles. The second kappa shape index (κ2) is 8.65. The van der Waals surface area contributed by atoms with Gasteiger partial charge in [-0.1, -0.05) is 19.4 Å². The monoisotopic (exact) mass is 388 g/mol. The third-order valence-electron chi connectivity index (χ3n) is 5.88. The van der Waals surface area contributed by atoms with Gasteiger partial charge in [-0.25, -0.2) is 0 Å². The molecule has 0 amide bonds. The van der Waals surface area contributed by atoms with E-state index >= 15 is 0 Å². The van der Waals surface area contributed by atoms with Gasteiger partial charge in [-0.3, -0.25) is 4.79 Å². The van der Waals surface area contributed by atoms with Crippen LogP contribution in [0.4, 0.5) is 0 Å². The molecule has 8 nitrogen and oxygen atoms in total. The summed E-state index contributed by atoms with van der Waals surface area (Å²) in [6.07, 6.45) is -6.52. The van der Waals surface area contributed by atoms with Crippen LogP contribution < -0.4 is 0 Å². The van der Waals surface area contributed by atoms with Gasteiger partial charge in [0.05, 0.1) is 18.8 Å². The Morgan fingerprint density at radius 3 is 2.41 bits per heavy atom. The third kappa shape index (κ3) is 4.59. The van der Waals surface area contributed by atoms with Crippen LogP contribution in [0, 0.1) is 5.41 Å². The Labute approximate surface area is 159 Å². The maximum atomic E-state index is 12.1. The van der Waals surface area contributed by atoms with Crippen LogP contribution in [-0.2, 0) is 14.3 Å². The molecular formula is C19H32O8. The van der Waals surface area contributed by atoms with Gasteiger partial charge in [0.25, 0.3) is 0 Å². The molecule has 1 aliphatic heterocycles. The van der Waals surface area contributed by atoms with Crippen LogP contribution in [0.2, 0.25) is 0 Å². The van der Waals surface area contributed by atoms with Crippen molar-refractivity contribution in [1.29, 1.82) is 0 Å². The highest BCUT2D eigenvalue weighted by atomic mass is 16.7. The van der Waals surface area contributed by atoms with E-state index in [0.717, 1.165) is 5.57 Å². The van der Waals surface area contributed by atoms with Crippen LogP contribution in [0.3, 0.4) is 0 Å². The van der Waals surface area contributed by atoms with Crippen molar-refractivity contribution < 1.29 is 39.8 Å². The SMILES string of the molecule is CC1=C(CC[C@@H](C)O[C@@H]2O[C@H](CO)[C@@H](O)[C@H](O)[C@H]2O)C(C)(C)[C@H](O)CC1=O. The molecule has 27 heavy (non-hydrogen) atoms. The third-order valence-corrected chi connectivity index (χ3v) is 5.88. The lowest BCUT2D eigenvalue weighted by atomic mass is 9.68. The number of hydrogen-bond donors (Lipinski definition) is 5. The van der Waals surface area contributed by atoms with Crippen molar-refractivity contribution in [2.75, 3.05) is 6.61 Å². The number of allylic oxidation sites excluding steroid dienone is 1. The highest BCUT2D eigenvalue weighted by molar-refractivity contribution is 5.97. The molecule has 5 N–H and O–H groups in total. The lowest BCUT2D eigenvalue weighted by molar-refractivity contribution is -0.310. The summed E-state index contributed by atoms with van der Waals surface area (Å²) in [6, 6.07) is 0. The molecule has 0 unspecified atom stereocenters. The maximum Gasteiger partial charge on any atom is 0.186 e. The molecule has 2 rings (SSSR count). The molecule has 0 saturated carbocycles. The van der Waals surface area contributed by atoms with Crippen LogP contribution in [0.5, 0.6) is 0 Å². The summed E-state index contributed by atoms with van der Waals surface area (Å²) in [4.78, 5) is 12.1. The lowest BCUT2D eigenvalue weighted by Crippen LogP contribution is -2.59. The van der Waals surface area contributed by atoms with E-state index in [1.807, 2.05) is 13.8 Å². The van der Waals surface area contributed by atoms with Gasteiger partial charge in [0.1, 0.15) is 24.4 Å². The Hall–Kier alpha value is -0.870. The number of ketones is 1. The van der Waals surface area contributed by atoms with Gasteiger partial charge in [-0.15, -0.1) is 0 Å². The summed E-state index contributed by atoms with van der Waals surface area (Å²) in [5.41, 5.74) is 1.04.